The Balaban J connectivity index is 2.38. The summed E-state index contributed by atoms with van der Waals surface area (Å²) in [5.74, 6) is -0.0656. The number of carbonyl (C=O) groups excluding carboxylic acids is 1. The van der Waals surface area contributed by atoms with Crippen LogP contribution in [0.5, 0.6) is 0 Å². The van der Waals surface area contributed by atoms with Crippen LogP contribution in [-0.4, -0.2) is 53.2 Å². The van der Waals surface area contributed by atoms with E-state index < -0.39 is 0 Å². The van der Waals surface area contributed by atoms with Gasteiger partial charge in [-0.05, 0) is 43.8 Å². The van der Waals surface area contributed by atoms with E-state index in [9.17, 15) is 4.79 Å². The molecule has 0 saturated carbocycles. The largest absolute Gasteiger partial charge is 0.383 e. The molecule has 21 heavy (non-hydrogen) atoms. The molecule has 0 spiro atoms. The molecule has 0 bridgehead atoms. The molecule has 1 fully saturated rings. The lowest BCUT2D eigenvalue weighted by Gasteiger charge is -2.11. The fourth-order valence-corrected chi connectivity index (χ4v) is 2.72. The number of hydrogen-bond acceptors (Lipinski definition) is 3. The Hall–Kier alpha value is -1.66. The first-order chi connectivity index (χ1) is 9.88. The highest BCUT2D eigenvalue weighted by molar-refractivity contribution is 7.80. The maximum Gasteiger partial charge on any atom is 0.276 e. The van der Waals surface area contributed by atoms with Gasteiger partial charge in [-0.25, -0.2) is 0 Å². The van der Waals surface area contributed by atoms with Gasteiger partial charge in [-0.3, -0.25) is 9.69 Å². The number of carbonyl (C=O) groups is 1. The zero-order valence-electron chi connectivity index (χ0n) is 13.1. The van der Waals surface area contributed by atoms with Crippen molar-refractivity contribution in [2.75, 3.05) is 27.8 Å². The van der Waals surface area contributed by atoms with Crippen molar-refractivity contribution in [1.82, 2.24) is 14.4 Å². The fourth-order valence-electron chi connectivity index (χ4n) is 2.54. The van der Waals surface area contributed by atoms with E-state index in [2.05, 4.69) is 24.5 Å². The van der Waals surface area contributed by atoms with E-state index in [1.807, 2.05) is 13.1 Å². The first-order valence-corrected chi connectivity index (χ1v) is 7.22. The number of nitrogens with zero attached hydrogens (tertiary/aromatic N) is 3. The van der Waals surface area contributed by atoms with Gasteiger partial charge >= 0.3 is 0 Å². The van der Waals surface area contributed by atoms with Crippen LogP contribution in [-0.2, 0) is 16.1 Å². The number of ether oxygens (including phenoxy) is 1. The second kappa shape index (κ2) is 5.99. The van der Waals surface area contributed by atoms with Crippen molar-refractivity contribution in [2.24, 2.45) is 0 Å². The molecule has 1 aromatic rings. The van der Waals surface area contributed by atoms with E-state index in [4.69, 9.17) is 17.0 Å². The topological polar surface area (TPSA) is 37.7 Å². The molecular formula is C15H21N3O2S. The number of likely N-dealkylation sites (N-methyl/N-ethyl adjacent to an activating group) is 2. The van der Waals surface area contributed by atoms with Gasteiger partial charge in [0.25, 0.3) is 5.91 Å². The highest BCUT2D eigenvalue weighted by Gasteiger charge is 2.32. The second-order valence-electron chi connectivity index (χ2n) is 5.21. The van der Waals surface area contributed by atoms with Gasteiger partial charge in [-0.15, -0.1) is 0 Å². The molecule has 0 atom stereocenters. The highest BCUT2D eigenvalue weighted by Crippen LogP contribution is 2.24. The maximum absolute atomic E-state index is 12.2. The van der Waals surface area contributed by atoms with Crippen LogP contribution in [0, 0.1) is 13.8 Å². The lowest BCUT2D eigenvalue weighted by molar-refractivity contribution is -0.121. The van der Waals surface area contributed by atoms with Gasteiger partial charge in [0.05, 0.1) is 6.61 Å². The van der Waals surface area contributed by atoms with Crippen LogP contribution < -0.4 is 0 Å². The average Bonchev–Trinajstić information content (AvgIpc) is 2.82. The van der Waals surface area contributed by atoms with E-state index >= 15 is 0 Å². The molecular weight excluding hydrogens is 286 g/mol. The molecule has 1 amide bonds. The van der Waals surface area contributed by atoms with Crippen LogP contribution in [0.1, 0.15) is 17.0 Å². The number of amides is 1. The maximum atomic E-state index is 12.2. The molecule has 0 N–H and O–H groups in total. The molecule has 1 saturated heterocycles. The molecule has 114 valence electrons. The quantitative estimate of drug-likeness (QED) is 0.628. The summed E-state index contributed by atoms with van der Waals surface area (Å²) in [7, 11) is 5.21. The zero-order valence-corrected chi connectivity index (χ0v) is 14.0. The predicted octanol–water partition coefficient (Wildman–Crippen LogP) is 1.78. The Labute approximate surface area is 130 Å². The van der Waals surface area contributed by atoms with Crippen molar-refractivity contribution >= 4 is 29.3 Å². The Morgan fingerprint density at radius 3 is 2.48 bits per heavy atom. The standard InChI is InChI=1S/C15H21N3O2S/c1-10-8-12(11(2)18(10)6-7-20-5)9-13-14(19)17(4)15(21)16(13)3/h8-9H,6-7H2,1-5H3/b13-9-. The Morgan fingerprint density at radius 2 is 1.95 bits per heavy atom. The zero-order chi connectivity index (χ0) is 15.7. The van der Waals surface area contributed by atoms with Crippen molar-refractivity contribution in [2.45, 2.75) is 20.4 Å². The Morgan fingerprint density at radius 1 is 1.29 bits per heavy atom. The van der Waals surface area contributed by atoms with Crippen LogP contribution in [0.3, 0.4) is 0 Å². The summed E-state index contributed by atoms with van der Waals surface area (Å²) in [6, 6.07) is 2.08. The number of methoxy groups -OCH3 is 1. The summed E-state index contributed by atoms with van der Waals surface area (Å²) >= 11 is 5.22. The van der Waals surface area contributed by atoms with Crippen LogP contribution in [0.4, 0.5) is 0 Å². The van der Waals surface area contributed by atoms with Crippen molar-refractivity contribution in [3.05, 3.63) is 28.7 Å². The summed E-state index contributed by atoms with van der Waals surface area (Å²) in [5, 5.41) is 0.527. The van der Waals surface area contributed by atoms with Crippen molar-refractivity contribution < 1.29 is 9.53 Å². The van der Waals surface area contributed by atoms with Crippen LogP contribution >= 0.6 is 12.2 Å². The third kappa shape index (κ3) is 2.73. The molecule has 2 heterocycles. The summed E-state index contributed by atoms with van der Waals surface area (Å²) in [5.41, 5.74) is 3.92. The van der Waals surface area contributed by atoms with Crippen molar-refractivity contribution in [3.8, 4) is 0 Å². The smallest absolute Gasteiger partial charge is 0.276 e. The van der Waals surface area contributed by atoms with Gasteiger partial charge in [-0.1, -0.05) is 0 Å². The van der Waals surface area contributed by atoms with E-state index in [-0.39, 0.29) is 5.91 Å². The molecule has 5 nitrogen and oxygen atoms in total. The molecule has 6 heteroatoms. The number of thiocarbonyl (C=S) groups is 1. The number of hydrogen-bond donors (Lipinski definition) is 0. The fraction of sp³-hybridized carbons (Fsp3) is 0.467. The van der Waals surface area contributed by atoms with E-state index in [1.165, 1.54) is 4.90 Å². The molecule has 0 unspecified atom stereocenters. The second-order valence-corrected chi connectivity index (χ2v) is 5.57. The Bertz CT molecular complexity index is 619. The van der Waals surface area contributed by atoms with Gasteiger partial charge in [0.15, 0.2) is 5.11 Å². The Kier molecular flexibility index (Phi) is 4.49. The van der Waals surface area contributed by atoms with Gasteiger partial charge < -0.3 is 14.2 Å². The van der Waals surface area contributed by atoms with Crippen molar-refractivity contribution in [1.29, 1.82) is 0 Å². The van der Waals surface area contributed by atoms with Gasteiger partial charge in [0, 0.05) is 39.1 Å². The van der Waals surface area contributed by atoms with Gasteiger partial charge in [0.2, 0.25) is 0 Å². The van der Waals surface area contributed by atoms with E-state index in [0.29, 0.717) is 17.4 Å². The third-order valence-corrected chi connectivity index (χ3v) is 4.43. The van der Waals surface area contributed by atoms with Crippen molar-refractivity contribution in [3.63, 3.8) is 0 Å². The number of aromatic nitrogens is 1. The summed E-state index contributed by atoms with van der Waals surface area (Å²) in [6.45, 7) is 5.58. The SMILES string of the molecule is COCCn1c(C)cc(/C=C2/C(=O)N(C)C(=S)N2C)c1C. The molecule has 0 aromatic carbocycles. The molecule has 0 radical (unpaired) electrons. The monoisotopic (exact) mass is 307 g/mol. The van der Waals surface area contributed by atoms with E-state index in [1.54, 1.807) is 19.1 Å². The normalized spacial score (nSPS) is 17.5. The van der Waals surface area contributed by atoms with Crippen LogP contribution in [0.2, 0.25) is 0 Å². The minimum Gasteiger partial charge on any atom is -0.383 e. The summed E-state index contributed by atoms with van der Waals surface area (Å²) in [6.07, 6.45) is 1.91. The summed E-state index contributed by atoms with van der Waals surface area (Å²) < 4.78 is 7.33. The minimum absolute atomic E-state index is 0.0656. The molecule has 1 aliphatic heterocycles. The highest BCUT2D eigenvalue weighted by atomic mass is 32.1. The van der Waals surface area contributed by atoms with Gasteiger partial charge in [-0.2, -0.15) is 0 Å². The lowest BCUT2D eigenvalue weighted by Crippen LogP contribution is -2.26. The first kappa shape index (κ1) is 15.7. The molecule has 2 rings (SSSR count). The predicted molar refractivity (Wildman–Crippen MR) is 86.9 cm³/mol. The minimum atomic E-state index is -0.0656. The van der Waals surface area contributed by atoms with Gasteiger partial charge in [0.1, 0.15) is 5.70 Å². The summed E-state index contributed by atoms with van der Waals surface area (Å²) in [4.78, 5) is 15.4. The number of rotatable bonds is 4. The first-order valence-electron chi connectivity index (χ1n) is 6.81. The molecule has 1 aromatic heterocycles. The third-order valence-electron chi connectivity index (χ3n) is 3.88. The van der Waals surface area contributed by atoms with Crippen LogP contribution in [0.25, 0.3) is 6.08 Å². The van der Waals surface area contributed by atoms with E-state index in [0.717, 1.165) is 23.5 Å². The number of aryl methyl sites for hydroxylation is 1. The average molecular weight is 307 g/mol. The van der Waals surface area contributed by atoms with Crippen LogP contribution in [0.15, 0.2) is 11.8 Å². The molecule has 0 aliphatic carbocycles. The lowest BCUT2D eigenvalue weighted by atomic mass is 10.2. The molecule has 1 aliphatic rings.